The molecular weight excluding hydrogens is 328 g/mol. The largest absolute Gasteiger partial charge is 0.395 e. The first-order valence-corrected chi connectivity index (χ1v) is 9.84. The van der Waals surface area contributed by atoms with E-state index >= 15 is 0 Å². The molecule has 0 amide bonds. The predicted molar refractivity (Wildman–Crippen MR) is 102 cm³/mol. The maximum Gasteiger partial charge on any atom is 0.261 e. The summed E-state index contributed by atoms with van der Waals surface area (Å²) in [6, 6.07) is 7.69. The Morgan fingerprint density at radius 1 is 1.04 bits per heavy atom. The molecule has 1 unspecified atom stereocenters. The van der Waals surface area contributed by atoms with Crippen molar-refractivity contribution in [1.29, 1.82) is 0 Å². The lowest BCUT2D eigenvalue weighted by molar-refractivity contribution is 0.199. The Morgan fingerprint density at radius 3 is 2.65 bits per heavy atom. The highest BCUT2D eigenvalue weighted by Crippen LogP contribution is 2.31. The summed E-state index contributed by atoms with van der Waals surface area (Å²) in [4.78, 5) is 22.8. The molecule has 1 N–H and O–H groups in total. The van der Waals surface area contributed by atoms with Crippen LogP contribution in [-0.4, -0.2) is 63.8 Å². The summed E-state index contributed by atoms with van der Waals surface area (Å²) < 4.78 is 1.70. The van der Waals surface area contributed by atoms with Gasteiger partial charge >= 0.3 is 0 Å². The number of fused-ring (bicyclic) bond motifs is 1. The van der Waals surface area contributed by atoms with Gasteiger partial charge in [-0.15, -0.1) is 0 Å². The summed E-state index contributed by atoms with van der Waals surface area (Å²) >= 11 is 0. The van der Waals surface area contributed by atoms with Crippen LogP contribution < -0.4 is 5.56 Å². The van der Waals surface area contributed by atoms with Crippen molar-refractivity contribution in [3.8, 4) is 0 Å². The van der Waals surface area contributed by atoms with E-state index in [-0.39, 0.29) is 18.2 Å². The zero-order valence-corrected chi connectivity index (χ0v) is 15.3. The van der Waals surface area contributed by atoms with Gasteiger partial charge in [0.25, 0.3) is 5.56 Å². The van der Waals surface area contributed by atoms with Gasteiger partial charge in [0, 0.05) is 13.1 Å². The molecule has 0 saturated carbocycles. The van der Waals surface area contributed by atoms with Gasteiger partial charge < -0.3 is 10.0 Å². The summed E-state index contributed by atoms with van der Waals surface area (Å²) in [5, 5.41) is 10.1. The molecule has 2 fully saturated rings. The molecule has 2 aromatic rings. The Bertz CT molecular complexity index is 813. The highest BCUT2D eigenvalue weighted by atomic mass is 16.3. The normalized spacial score (nSPS) is 21.8. The second-order valence-electron chi connectivity index (χ2n) is 7.41. The lowest BCUT2D eigenvalue weighted by atomic mass is 10.1. The molecule has 1 atom stereocenters. The van der Waals surface area contributed by atoms with E-state index in [2.05, 4.69) is 9.80 Å². The summed E-state index contributed by atoms with van der Waals surface area (Å²) in [5.41, 5.74) is 0.721. The average molecular weight is 356 g/mol. The molecule has 2 saturated heterocycles. The summed E-state index contributed by atoms with van der Waals surface area (Å²) in [6.45, 7) is 5.85. The Labute approximate surface area is 154 Å². The van der Waals surface area contributed by atoms with Crippen LogP contribution in [0.25, 0.3) is 10.9 Å². The van der Waals surface area contributed by atoms with Gasteiger partial charge in [0.15, 0.2) is 0 Å². The summed E-state index contributed by atoms with van der Waals surface area (Å²) in [5.74, 6) is 0.821. The number of likely N-dealkylation sites (tertiary alicyclic amines) is 2. The first-order valence-electron chi connectivity index (χ1n) is 9.84. The van der Waals surface area contributed by atoms with Gasteiger partial charge in [-0.05, 0) is 57.5 Å². The predicted octanol–water partition coefficient (Wildman–Crippen LogP) is 1.62. The minimum absolute atomic E-state index is 0.0361. The first kappa shape index (κ1) is 17.6. The third kappa shape index (κ3) is 3.41. The molecule has 0 bridgehead atoms. The van der Waals surface area contributed by atoms with E-state index in [4.69, 9.17) is 4.98 Å². The third-order valence-corrected chi connectivity index (χ3v) is 5.78. The van der Waals surface area contributed by atoms with Gasteiger partial charge in [-0.3, -0.25) is 14.3 Å². The molecule has 4 rings (SSSR count). The molecule has 140 valence electrons. The average Bonchev–Trinajstić information content (AvgIpc) is 3.33. The van der Waals surface area contributed by atoms with E-state index in [1.165, 1.54) is 25.9 Å². The Kier molecular flexibility index (Phi) is 5.33. The number of rotatable bonds is 6. The minimum Gasteiger partial charge on any atom is -0.395 e. The Balaban J connectivity index is 1.65. The number of hydrogen-bond acceptors (Lipinski definition) is 5. The molecular formula is C20H28N4O2. The monoisotopic (exact) mass is 356 g/mol. The molecule has 3 heterocycles. The number of hydrogen-bond donors (Lipinski definition) is 1. The van der Waals surface area contributed by atoms with Crippen molar-refractivity contribution in [2.24, 2.45) is 0 Å². The molecule has 6 heteroatoms. The lowest BCUT2D eigenvalue weighted by Crippen LogP contribution is -2.37. The highest BCUT2D eigenvalue weighted by Gasteiger charge is 2.30. The van der Waals surface area contributed by atoms with Crippen LogP contribution in [0.3, 0.4) is 0 Å². The zero-order valence-electron chi connectivity index (χ0n) is 15.3. The van der Waals surface area contributed by atoms with Crippen LogP contribution in [0.5, 0.6) is 0 Å². The smallest absolute Gasteiger partial charge is 0.261 e. The lowest BCUT2D eigenvalue weighted by Gasteiger charge is -2.28. The van der Waals surface area contributed by atoms with Crippen LogP contribution in [0.15, 0.2) is 29.1 Å². The van der Waals surface area contributed by atoms with Crippen LogP contribution in [0, 0.1) is 0 Å². The summed E-state index contributed by atoms with van der Waals surface area (Å²) in [7, 11) is 0. The zero-order chi connectivity index (χ0) is 17.9. The van der Waals surface area contributed by atoms with Crippen molar-refractivity contribution in [3.05, 3.63) is 40.4 Å². The van der Waals surface area contributed by atoms with Crippen molar-refractivity contribution in [2.45, 2.75) is 38.3 Å². The van der Waals surface area contributed by atoms with Gasteiger partial charge in [-0.25, -0.2) is 4.98 Å². The third-order valence-electron chi connectivity index (χ3n) is 5.78. The summed E-state index contributed by atoms with van der Waals surface area (Å²) in [6.07, 6.45) is 4.78. The van der Waals surface area contributed by atoms with E-state index in [9.17, 15) is 9.90 Å². The van der Waals surface area contributed by atoms with E-state index in [0.29, 0.717) is 11.9 Å². The first-order chi connectivity index (χ1) is 12.8. The van der Waals surface area contributed by atoms with Crippen molar-refractivity contribution in [2.75, 3.05) is 39.3 Å². The minimum atomic E-state index is -0.0482. The standard InChI is InChI=1S/C20H28N4O2/c25-15-14-24-19(21-17-7-2-1-6-16(17)20(24)26)18-8-5-11-23(18)13-12-22-9-3-4-10-22/h1-2,6-7,18,25H,3-5,8-15H2. The van der Waals surface area contributed by atoms with E-state index < -0.39 is 0 Å². The maximum atomic E-state index is 13.0. The number of aliphatic hydroxyl groups excluding tert-OH is 1. The van der Waals surface area contributed by atoms with Crippen LogP contribution in [-0.2, 0) is 6.54 Å². The van der Waals surface area contributed by atoms with Crippen LogP contribution in [0.1, 0.15) is 37.5 Å². The fourth-order valence-corrected chi connectivity index (χ4v) is 4.42. The molecule has 0 aliphatic carbocycles. The Morgan fingerprint density at radius 2 is 1.85 bits per heavy atom. The fourth-order valence-electron chi connectivity index (χ4n) is 4.42. The topological polar surface area (TPSA) is 61.6 Å². The number of aromatic nitrogens is 2. The molecule has 26 heavy (non-hydrogen) atoms. The number of para-hydroxylation sites is 1. The van der Waals surface area contributed by atoms with Gasteiger partial charge in [0.05, 0.1) is 30.1 Å². The van der Waals surface area contributed by atoms with Crippen molar-refractivity contribution < 1.29 is 5.11 Å². The molecule has 1 aromatic carbocycles. The van der Waals surface area contributed by atoms with Crippen LogP contribution in [0.2, 0.25) is 0 Å². The second-order valence-corrected chi connectivity index (χ2v) is 7.41. The Hall–Kier alpha value is -1.76. The van der Waals surface area contributed by atoms with E-state index in [1.54, 1.807) is 4.57 Å². The highest BCUT2D eigenvalue weighted by molar-refractivity contribution is 5.77. The van der Waals surface area contributed by atoms with Crippen molar-refractivity contribution in [1.82, 2.24) is 19.4 Å². The second kappa shape index (κ2) is 7.86. The SMILES string of the molecule is O=c1c2ccccc2nc(C2CCCN2CCN2CCCC2)n1CCO. The quantitative estimate of drug-likeness (QED) is 0.852. The molecule has 6 nitrogen and oxygen atoms in total. The molecule has 2 aliphatic rings. The molecule has 0 spiro atoms. The van der Waals surface area contributed by atoms with Crippen molar-refractivity contribution >= 4 is 10.9 Å². The fraction of sp³-hybridized carbons (Fsp3) is 0.600. The van der Waals surface area contributed by atoms with E-state index in [1.807, 2.05) is 24.3 Å². The molecule has 1 aromatic heterocycles. The number of aliphatic hydroxyl groups is 1. The molecule has 0 radical (unpaired) electrons. The number of nitrogens with zero attached hydrogens (tertiary/aromatic N) is 4. The van der Waals surface area contributed by atoms with Gasteiger partial charge in [0.2, 0.25) is 0 Å². The van der Waals surface area contributed by atoms with Crippen molar-refractivity contribution in [3.63, 3.8) is 0 Å². The maximum absolute atomic E-state index is 13.0. The van der Waals surface area contributed by atoms with E-state index in [0.717, 1.165) is 43.8 Å². The molecule has 2 aliphatic heterocycles. The van der Waals surface area contributed by atoms with Crippen LogP contribution >= 0.6 is 0 Å². The van der Waals surface area contributed by atoms with Crippen LogP contribution in [0.4, 0.5) is 0 Å². The van der Waals surface area contributed by atoms with Gasteiger partial charge in [-0.1, -0.05) is 12.1 Å². The van der Waals surface area contributed by atoms with Gasteiger partial charge in [0.1, 0.15) is 5.82 Å². The van der Waals surface area contributed by atoms with Gasteiger partial charge in [-0.2, -0.15) is 0 Å². The number of benzene rings is 1.